The summed E-state index contributed by atoms with van der Waals surface area (Å²) in [6.45, 7) is 2.00. The molecule has 0 spiro atoms. The normalized spacial score (nSPS) is 10.9. The van der Waals surface area contributed by atoms with Crippen molar-refractivity contribution in [2.75, 3.05) is 12.4 Å². The fourth-order valence-electron chi connectivity index (χ4n) is 2.98. The second-order valence-corrected chi connectivity index (χ2v) is 7.31. The van der Waals surface area contributed by atoms with Crippen LogP contribution in [0.2, 0.25) is 0 Å². The van der Waals surface area contributed by atoms with E-state index in [1.807, 2.05) is 49.5 Å². The molecule has 7 heteroatoms. The standard InChI is InChI=1S/C20H18N4O2S/c1-12-18(16-11-22-19-15(16)7-4-8-21-19)24-20(27-12)23-17(25)10-13-5-3-6-14(9-13)26-2/h3-9,11H,10H2,1-2H3,(H,21,22)(H,23,24,25). The average Bonchev–Trinajstić information content (AvgIpc) is 3.24. The summed E-state index contributed by atoms with van der Waals surface area (Å²) in [5, 5.41) is 4.51. The molecule has 0 atom stereocenters. The number of hydrogen-bond donors (Lipinski definition) is 2. The molecule has 4 aromatic rings. The van der Waals surface area contributed by atoms with E-state index in [1.54, 1.807) is 13.3 Å². The number of aromatic amines is 1. The van der Waals surface area contributed by atoms with Gasteiger partial charge in [-0.3, -0.25) is 4.79 Å². The molecule has 136 valence electrons. The highest BCUT2D eigenvalue weighted by molar-refractivity contribution is 7.16. The van der Waals surface area contributed by atoms with E-state index in [1.165, 1.54) is 11.3 Å². The van der Waals surface area contributed by atoms with Gasteiger partial charge in [0.05, 0.1) is 19.2 Å². The van der Waals surface area contributed by atoms with Gasteiger partial charge in [-0.25, -0.2) is 9.97 Å². The predicted molar refractivity (Wildman–Crippen MR) is 107 cm³/mol. The van der Waals surface area contributed by atoms with E-state index in [4.69, 9.17) is 4.74 Å². The maximum absolute atomic E-state index is 12.4. The summed E-state index contributed by atoms with van der Waals surface area (Å²) in [6, 6.07) is 11.4. The maximum Gasteiger partial charge on any atom is 0.230 e. The average molecular weight is 378 g/mol. The number of nitrogens with one attached hydrogen (secondary N) is 2. The predicted octanol–water partition coefficient (Wildman–Crippen LogP) is 4.18. The van der Waals surface area contributed by atoms with Gasteiger partial charge in [-0.05, 0) is 36.8 Å². The summed E-state index contributed by atoms with van der Waals surface area (Å²) < 4.78 is 5.20. The number of pyridine rings is 1. The first-order chi connectivity index (χ1) is 13.1. The molecular weight excluding hydrogens is 360 g/mol. The second kappa shape index (κ2) is 7.20. The number of aromatic nitrogens is 3. The van der Waals surface area contributed by atoms with Gasteiger partial charge >= 0.3 is 0 Å². The van der Waals surface area contributed by atoms with Crippen molar-refractivity contribution < 1.29 is 9.53 Å². The Hall–Kier alpha value is -3.19. The first-order valence-corrected chi connectivity index (χ1v) is 9.28. The number of benzene rings is 1. The monoisotopic (exact) mass is 378 g/mol. The third-order valence-electron chi connectivity index (χ3n) is 4.25. The van der Waals surface area contributed by atoms with Gasteiger partial charge in [-0.2, -0.15) is 0 Å². The van der Waals surface area contributed by atoms with Crippen molar-refractivity contribution >= 4 is 33.4 Å². The van der Waals surface area contributed by atoms with E-state index >= 15 is 0 Å². The van der Waals surface area contributed by atoms with E-state index in [0.29, 0.717) is 5.13 Å². The van der Waals surface area contributed by atoms with Crippen LogP contribution in [-0.4, -0.2) is 28.0 Å². The third-order valence-corrected chi connectivity index (χ3v) is 5.13. The van der Waals surface area contributed by atoms with Crippen LogP contribution in [0.5, 0.6) is 5.75 Å². The Morgan fingerprint density at radius 2 is 2.19 bits per heavy atom. The van der Waals surface area contributed by atoms with Crippen LogP contribution in [0.1, 0.15) is 10.4 Å². The molecule has 0 unspecified atom stereocenters. The summed E-state index contributed by atoms with van der Waals surface area (Å²) in [4.78, 5) is 25.5. The molecule has 0 saturated heterocycles. The van der Waals surface area contributed by atoms with E-state index in [-0.39, 0.29) is 12.3 Å². The lowest BCUT2D eigenvalue weighted by atomic mass is 10.1. The molecule has 0 aliphatic carbocycles. The van der Waals surface area contributed by atoms with Crippen LogP contribution in [0.25, 0.3) is 22.3 Å². The van der Waals surface area contributed by atoms with Crippen molar-refractivity contribution in [1.82, 2.24) is 15.0 Å². The number of thiazole rings is 1. The van der Waals surface area contributed by atoms with Crippen molar-refractivity contribution in [1.29, 1.82) is 0 Å². The Morgan fingerprint density at radius 1 is 1.30 bits per heavy atom. The number of carbonyl (C=O) groups is 1. The van der Waals surface area contributed by atoms with Gasteiger partial charge in [0.15, 0.2) is 5.13 Å². The van der Waals surface area contributed by atoms with Gasteiger partial charge in [0, 0.05) is 28.2 Å². The quantitative estimate of drug-likeness (QED) is 0.546. The van der Waals surface area contributed by atoms with Crippen molar-refractivity contribution in [3.8, 4) is 17.0 Å². The SMILES string of the molecule is COc1cccc(CC(=O)Nc2nc(-c3c[nH]c4ncccc34)c(C)s2)c1. The van der Waals surface area contributed by atoms with Crippen LogP contribution in [-0.2, 0) is 11.2 Å². The summed E-state index contributed by atoms with van der Waals surface area (Å²) in [5.41, 5.74) is 3.56. The molecule has 2 N–H and O–H groups in total. The summed E-state index contributed by atoms with van der Waals surface area (Å²) in [5.74, 6) is 0.629. The topological polar surface area (TPSA) is 79.9 Å². The molecule has 27 heavy (non-hydrogen) atoms. The zero-order valence-electron chi connectivity index (χ0n) is 14.9. The van der Waals surface area contributed by atoms with E-state index in [9.17, 15) is 4.79 Å². The number of nitrogens with zero attached hydrogens (tertiary/aromatic N) is 2. The second-order valence-electron chi connectivity index (χ2n) is 6.10. The number of amides is 1. The Labute approximate surface area is 160 Å². The van der Waals surface area contributed by atoms with Crippen LogP contribution in [0, 0.1) is 6.92 Å². The van der Waals surface area contributed by atoms with Crippen LogP contribution in [0.15, 0.2) is 48.8 Å². The van der Waals surface area contributed by atoms with Crippen molar-refractivity contribution in [3.05, 3.63) is 59.2 Å². The Kier molecular flexibility index (Phi) is 4.60. The molecular formula is C20H18N4O2S. The number of anilines is 1. The molecule has 1 aromatic carbocycles. The highest BCUT2D eigenvalue weighted by Crippen LogP contribution is 2.34. The van der Waals surface area contributed by atoms with Crippen LogP contribution < -0.4 is 10.1 Å². The van der Waals surface area contributed by atoms with Gasteiger partial charge < -0.3 is 15.0 Å². The lowest BCUT2D eigenvalue weighted by Gasteiger charge is -2.04. The van der Waals surface area contributed by atoms with Crippen molar-refractivity contribution in [2.45, 2.75) is 13.3 Å². The molecule has 3 aromatic heterocycles. The Bertz CT molecular complexity index is 1120. The van der Waals surface area contributed by atoms with E-state index < -0.39 is 0 Å². The zero-order valence-corrected chi connectivity index (χ0v) is 15.8. The maximum atomic E-state index is 12.4. The lowest BCUT2D eigenvalue weighted by Crippen LogP contribution is -2.14. The number of methoxy groups -OCH3 is 1. The fraction of sp³-hybridized carbons (Fsp3) is 0.150. The number of fused-ring (bicyclic) bond motifs is 1. The largest absolute Gasteiger partial charge is 0.497 e. The molecule has 0 radical (unpaired) electrons. The molecule has 0 aliphatic rings. The highest BCUT2D eigenvalue weighted by atomic mass is 32.1. The molecule has 4 rings (SSSR count). The minimum Gasteiger partial charge on any atom is -0.497 e. The fourth-order valence-corrected chi connectivity index (χ4v) is 3.83. The first-order valence-electron chi connectivity index (χ1n) is 8.46. The molecule has 0 aliphatic heterocycles. The number of H-pyrrole nitrogens is 1. The Balaban J connectivity index is 1.54. The van der Waals surface area contributed by atoms with Gasteiger partial charge in [0.25, 0.3) is 0 Å². The van der Waals surface area contributed by atoms with E-state index in [0.717, 1.165) is 38.5 Å². The van der Waals surface area contributed by atoms with Gasteiger partial charge in [-0.1, -0.05) is 12.1 Å². The van der Waals surface area contributed by atoms with Crippen molar-refractivity contribution in [2.24, 2.45) is 0 Å². The highest BCUT2D eigenvalue weighted by Gasteiger charge is 2.15. The van der Waals surface area contributed by atoms with E-state index in [2.05, 4.69) is 20.3 Å². The van der Waals surface area contributed by atoms with Crippen molar-refractivity contribution in [3.63, 3.8) is 0 Å². The number of rotatable bonds is 5. The van der Waals surface area contributed by atoms with Gasteiger partial charge in [0.2, 0.25) is 5.91 Å². The number of ether oxygens (including phenoxy) is 1. The van der Waals surface area contributed by atoms with Crippen LogP contribution in [0.3, 0.4) is 0 Å². The Morgan fingerprint density at radius 3 is 3.04 bits per heavy atom. The minimum atomic E-state index is -0.107. The zero-order chi connectivity index (χ0) is 18.8. The molecule has 0 saturated carbocycles. The van der Waals surface area contributed by atoms with Gasteiger partial charge in [0.1, 0.15) is 11.4 Å². The molecule has 1 amide bonds. The summed E-state index contributed by atoms with van der Waals surface area (Å²) >= 11 is 1.47. The minimum absolute atomic E-state index is 0.107. The smallest absolute Gasteiger partial charge is 0.230 e. The lowest BCUT2D eigenvalue weighted by molar-refractivity contribution is -0.115. The third kappa shape index (κ3) is 3.54. The molecule has 0 fully saturated rings. The summed E-state index contributed by atoms with van der Waals surface area (Å²) in [7, 11) is 1.61. The molecule has 6 nitrogen and oxygen atoms in total. The molecule has 3 heterocycles. The van der Waals surface area contributed by atoms with Crippen LogP contribution in [0.4, 0.5) is 5.13 Å². The number of aryl methyl sites for hydroxylation is 1. The first kappa shape index (κ1) is 17.2. The number of hydrogen-bond acceptors (Lipinski definition) is 5. The van der Waals surface area contributed by atoms with Crippen LogP contribution >= 0.6 is 11.3 Å². The molecule has 0 bridgehead atoms. The summed E-state index contributed by atoms with van der Waals surface area (Å²) in [6.07, 6.45) is 3.92. The van der Waals surface area contributed by atoms with Gasteiger partial charge in [-0.15, -0.1) is 11.3 Å². The number of carbonyl (C=O) groups excluding carboxylic acids is 1.